The Balaban J connectivity index is 1.52. The molecule has 0 spiro atoms. The molecule has 25 nitrogen and oxygen atoms in total. The Labute approximate surface area is 382 Å². The van der Waals surface area contributed by atoms with Gasteiger partial charge in [0.05, 0.1) is 49.2 Å². The molecular formula is C41H47N7O18S. The van der Waals surface area contributed by atoms with Crippen LogP contribution < -0.4 is 23.3 Å². The number of benzene rings is 3. The van der Waals surface area contributed by atoms with Crippen LogP contribution in [0.4, 0.5) is 15.4 Å². The Kier molecular flexibility index (Phi) is 18.8. The number of carbonyl (C=O) groups is 2. The van der Waals surface area contributed by atoms with E-state index in [1.54, 1.807) is 36.4 Å². The zero-order valence-corrected chi connectivity index (χ0v) is 37.2. The molecule has 0 aliphatic carbocycles. The molecule has 360 valence electrons. The van der Waals surface area contributed by atoms with Gasteiger partial charge in [-0.05, 0) is 59.0 Å². The predicted octanol–water partition coefficient (Wildman–Crippen LogP) is 5.47. The highest BCUT2D eigenvalue weighted by molar-refractivity contribution is 7.92. The highest BCUT2D eigenvalue weighted by Gasteiger charge is 2.35. The summed E-state index contributed by atoms with van der Waals surface area (Å²) in [5.74, 6) is -1.57. The van der Waals surface area contributed by atoms with Gasteiger partial charge in [-0.3, -0.25) is 20.8 Å². The van der Waals surface area contributed by atoms with Gasteiger partial charge in [-0.25, -0.2) is 46.9 Å². The van der Waals surface area contributed by atoms with Gasteiger partial charge in [-0.1, -0.05) is 57.2 Å². The van der Waals surface area contributed by atoms with Crippen molar-refractivity contribution < 1.29 is 86.4 Å². The molecule has 0 amide bonds. The largest absolute Gasteiger partial charge is 0.513 e. The second kappa shape index (κ2) is 24.6. The Bertz CT molecular complexity index is 2480. The molecule has 0 atom stereocenters. The standard InChI is InChI=1S/C41H47N7O18S/c1-41(2,3)29-13-15-31(16-14-29)67(55,56)46(27-62-39(49)60-21-19-58-20-24-63-47(51)52)37-34(66-33-12-6-5-11-32(33)57-4)38(45-36(44-37)35-42-17-8-18-43-35)59-22-23-61-40(50)65-30-10-7-9-28(25-30)26-64-48(53)54/h5-18,25,51-54H,19-24,26-27H2,1-4H3. The number of hydrogen-bond acceptors (Lipinski definition) is 24. The van der Waals surface area contributed by atoms with Crippen LogP contribution in [0.5, 0.6) is 28.9 Å². The summed E-state index contributed by atoms with van der Waals surface area (Å²) >= 11 is 0. The van der Waals surface area contributed by atoms with Gasteiger partial charge in [0.1, 0.15) is 25.6 Å². The Morgan fingerprint density at radius 2 is 1.37 bits per heavy atom. The summed E-state index contributed by atoms with van der Waals surface area (Å²) < 4.78 is 74.3. The van der Waals surface area contributed by atoms with E-state index in [1.807, 2.05) is 20.8 Å². The van der Waals surface area contributed by atoms with Gasteiger partial charge in [0, 0.05) is 12.4 Å². The van der Waals surface area contributed by atoms with Gasteiger partial charge in [0.2, 0.25) is 11.6 Å². The van der Waals surface area contributed by atoms with Crippen molar-refractivity contribution in [1.82, 2.24) is 30.7 Å². The van der Waals surface area contributed by atoms with Crippen LogP contribution in [0.2, 0.25) is 0 Å². The highest BCUT2D eigenvalue weighted by Crippen LogP contribution is 2.44. The quantitative estimate of drug-likeness (QED) is 0.0196. The molecule has 5 rings (SSSR count). The Morgan fingerprint density at radius 1 is 0.701 bits per heavy atom. The molecular weight excluding hydrogens is 911 g/mol. The molecule has 3 aromatic carbocycles. The molecule has 0 bridgehead atoms. The van der Waals surface area contributed by atoms with Crippen LogP contribution in [-0.4, -0.2) is 126 Å². The molecule has 26 heteroatoms. The van der Waals surface area contributed by atoms with Gasteiger partial charge < -0.3 is 37.9 Å². The summed E-state index contributed by atoms with van der Waals surface area (Å²) in [6.07, 6.45) is 0.293. The lowest BCUT2D eigenvalue weighted by Crippen LogP contribution is -2.36. The van der Waals surface area contributed by atoms with Crippen molar-refractivity contribution in [3.05, 3.63) is 102 Å². The molecule has 4 N–H and O–H groups in total. The summed E-state index contributed by atoms with van der Waals surface area (Å²) in [6, 6.07) is 19.8. The molecule has 0 radical (unpaired) electrons. The van der Waals surface area contributed by atoms with E-state index in [0.717, 1.165) is 5.56 Å². The normalized spacial score (nSPS) is 11.6. The summed E-state index contributed by atoms with van der Waals surface area (Å²) in [7, 11) is -3.41. The number of nitrogens with zero attached hydrogens (tertiary/aromatic N) is 7. The van der Waals surface area contributed by atoms with E-state index in [1.165, 1.54) is 62.0 Å². The predicted molar refractivity (Wildman–Crippen MR) is 225 cm³/mol. The van der Waals surface area contributed by atoms with Crippen LogP contribution in [0.15, 0.2) is 96.2 Å². The lowest BCUT2D eigenvalue weighted by molar-refractivity contribution is -0.497. The summed E-state index contributed by atoms with van der Waals surface area (Å²) in [6.45, 7) is 2.69. The summed E-state index contributed by atoms with van der Waals surface area (Å²) in [5.41, 5.74) is 0.870. The zero-order valence-electron chi connectivity index (χ0n) is 36.4. The van der Waals surface area contributed by atoms with Crippen molar-refractivity contribution >= 4 is 28.2 Å². The molecule has 67 heavy (non-hydrogen) atoms. The van der Waals surface area contributed by atoms with E-state index >= 15 is 0 Å². The third kappa shape index (κ3) is 15.6. The fraction of sp³-hybridized carbons (Fsp3) is 0.317. The van der Waals surface area contributed by atoms with E-state index in [2.05, 4.69) is 29.6 Å². The van der Waals surface area contributed by atoms with Crippen LogP contribution in [0.3, 0.4) is 0 Å². The van der Waals surface area contributed by atoms with Gasteiger partial charge in [-0.15, -0.1) is 0 Å². The highest BCUT2D eigenvalue weighted by atomic mass is 32.2. The number of methoxy groups -OCH3 is 1. The maximum absolute atomic E-state index is 14.9. The number of rotatable bonds is 24. The van der Waals surface area contributed by atoms with E-state index in [4.69, 9.17) is 58.7 Å². The van der Waals surface area contributed by atoms with Crippen LogP contribution in [0, 0.1) is 0 Å². The van der Waals surface area contributed by atoms with Crippen molar-refractivity contribution in [3.8, 4) is 40.5 Å². The number of sulfonamides is 1. The average molecular weight is 958 g/mol. The molecule has 0 saturated heterocycles. The minimum atomic E-state index is -4.78. The average Bonchev–Trinajstić information content (AvgIpc) is 3.30. The molecule has 5 aromatic rings. The molecule has 0 aliphatic heterocycles. The third-order valence-electron chi connectivity index (χ3n) is 8.58. The monoisotopic (exact) mass is 957 g/mol. The third-order valence-corrected chi connectivity index (χ3v) is 10.3. The fourth-order valence-corrected chi connectivity index (χ4v) is 6.72. The van der Waals surface area contributed by atoms with E-state index in [9.17, 15) is 18.0 Å². The second-order valence-electron chi connectivity index (χ2n) is 14.3. The van der Waals surface area contributed by atoms with E-state index < -0.39 is 70.5 Å². The number of anilines is 1. The molecule has 0 aliphatic rings. The molecule has 0 unspecified atom stereocenters. The van der Waals surface area contributed by atoms with E-state index in [0.29, 0.717) is 9.87 Å². The maximum Gasteiger partial charge on any atom is 0.513 e. The van der Waals surface area contributed by atoms with Crippen LogP contribution in [0.25, 0.3) is 11.6 Å². The smallest absolute Gasteiger partial charge is 0.493 e. The maximum atomic E-state index is 14.9. The summed E-state index contributed by atoms with van der Waals surface area (Å²) in [5, 5.41) is 34.0. The summed E-state index contributed by atoms with van der Waals surface area (Å²) in [4.78, 5) is 51.9. The first-order chi connectivity index (χ1) is 32.0. The lowest BCUT2D eigenvalue weighted by Gasteiger charge is -2.26. The van der Waals surface area contributed by atoms with Crippen LogP contribution in [0.1, 0.15) is 31.9 Å². The SMILES string of the molecule is COc1ccccc1Oc1c(OCCOC(=O)Oc2cccc(CON(O)O)c2)nc(-c2ncccn2)nc1N(COC(=O)OCCOCCON(O)O)S(=O)(=O)c1ccc(C(C)(C)C)cc1. The minimum absolute atomic E-state index is 0.0323. The van der Waals surface area contributed by atoms with Crippen molar-refractivity contribution in [3.63, 3.8) is 0 Å². The topological polar surface area (TPSA) is 303 Å². The van der Waals surface area contributed by atoms with Crippen molar-refractivity contribution in [2.45, 2.75) is 37.7 Å². The molecule has 0 fully saturated rings. The number of carbonyl (C=O) groups excluding carboxylic acids is 2. The van der Waals surface area contributed by atoms with Gasteiger partial charge in [-0.2, -0.15) is 4.98 Å². The second-order valence-corrected chi connectivity index (χ2v) is 16.1. The first kappa shape index (κ1) is 51.1. The fourth-order valence-electron chi connectivity index (χ4n) is 5.44. The van der Waals surface area contributed by atoms with Crippen LogP contribution >= 0.6 is 0 Å². The van der Waals surface area contributed by atoms with Crippen molar-refractivity contribution in [2.24, 2.45) is 0 Å². The zero-order chi connectivity index (χ0) is 48.4. The number of ether oxygens (including phenoxy) is 8. The van der Waals surface area contributed by atoms with Gasteiger partial charge in [0.15, 0.2) is 29.9 Å². The number of para-hydroxylation sites is 2. The first-order valence-corrected chi connectivity index (χ1v) is 21.2. The molecule has 0 saturated carbocycles. The van der Waals surface area contributed by atoms with Gasteiger partial charge in [0.25, 0.3) is 15.9 Å². The number of hydrogen-bond donors (Lipinski definition) is 4. The van der Waals surface area contributed by atoms with E-state index in [-0.39, 0.29) is 72.2 Å². The minimum Gasteiger partial charge on any atom is -0.493 e. The van der Waals surface area contributed by atoms with Crippen molar-refractivity contribution in [2.75, 3.05) is 57.8 Å². The number of aromatic nitrogens is 4. The first-order valence-electron chi connectivity index (χ1n) is 19.7. The van der Waals surface area contributed by atoms with Crippen LogP contribution in [-0.2, 0) is 50.7 Å². The lowest BCUT2D eigenvalue weighted by atomic mass is 9.87. The molecule has 2 aromatic heterocycles. The molecule has 2 heterocycles. The van der Waals surface area contributed by atoms with Crippen molar-refractivity contribution in [1.29, 1.82) is 0 Å². The van der Waals surface area contributed by atoms with Gasteiger partial charge >= 0.3 is 12.3 Å². The Hall–Kier alpha value is -6.85. The Morgan fingerprint density at radius 3 is 2.06 bits per heavy atom.